The summed E-state index contributed by atoms with van der Waals surface area (Å²) in [6.07, 6.45) is 3.36. The molecule has 0 atom stereocenters. The molecule has 2 heterocycles. The summed E-state index contributed by atoms with van der Waals surface area (Å²) in [6.45, 7) is 1.85. The molecule has 0 saturated heterocycles. The highest BCUT2D eigenvalue weighted by molar-refractivity contribution is 6.30. The average molecular weight is 274 g/mol. The minimum atomic E-state index is 0.538. The molecule has 94 valence electrons. The fourth-order valence-electron chi connectivity index (χ4n) is 1.80. The van der Waals surface area contributed by atoms with E-state index in [1.54, 1.807) is 4.57 Å². The Kier molecular flexibility index (Phi) is 2.94. The maximum absolute atomic E-state index is 5.87. The van der Waals surface area contributed by atoms with Crippen molar-refractivity contribution in [2.45, 2.75) is 13.3 Å². The first-order valence-corrected chi connectivity index (χ1v) is 6.10. The highest BCUT2D eigenvalue weighted by Gasteiger charge is 2.17. The average Bonchev–Trinajstić information content (AvgIpc) is 3.00. The van der Waals surface area contributed by atoms with Gasteiger partial charge in [0.1, 0.15) is 11.4 Å². The molecule has 2 aromatic heterocycles. The van der Waals surface area contributed by atoms with Crippen LogP contribution in [-0.2, 0) is 6.42 Å². The monoisotopic (exact) mass is 273 g/mol. The second kappa shape index (κ2) is 4.75. The van der Waals surface area contributed by atoms with Crippen molar-refractivity contribution in [3.05, 3.63) is 59.0 Å². The first-order valence-electron chi connectivity index (χ1n) is 5.72. The lowest BCUT2D eigenvalue weighted by atomic mass is 10.2. The number of nitrogens with zero attached hydrogens (tertiary/aromatic N) is 4. The SMILES string of the molecule is Cc1cc(Cc2n[n+]#cn2-c2ccc(Cl)cc2)no1. The fraction of sp³-hybridized carbons (Fsp3) is 0.154. The topological polar surface area (TPSA) is 58.0 Å². The molecule has 1 aromatic carbocycles. The van der Waals surface area contributed by atoms with Crippen LogP contribution in [-0.4, -0.2) is 14.8 Å². The standard InChI is InChI=1S/C13H10ClN4O/c1-9-6-11(17-19-9)7-13-16-15-8-18(13)12-4-2-10(14)3-5-12/h2-6H,7H2,1H3/q+1. The van der Waals surface area contributed by atoms with E-state index in [1.165, 1.54) is 0 Å². The van der Waals surface area contributed by atoms with E-state index < -0.39 is 0 Å². The normalized spacial score (nSPS) is 10.4. The molecule has 0 radical (unpaired) electrons. The van der Waals surface area contributed by atoms with Crippen molar-refractivity contribution in [2.24, 2.45) is 0 Å². The molecule has 19 heavy (non-hydrogen) atoms. The molecule has 0 aliphatic carbocycles. The Hall–Kier alpha value is -2.32. The van der Waals surface area contributed by atoms with Crippen molar-refractivity contribution in [2.75, 3.05) is 0 Å². The van der Waals surface area contributed by atoms with E-state index in [0.29, 0.717) is 11.4 Å². The third-order valence-corrected chi connectivity index (χ3v) is 2.92. The van der Waals surface area contributed by atoms with Gasteiger partial charge in [-0.1, -0.05) is 16.8 Å². The number of benzene rings is 1. The molecule has 0 saturated carbocycles. The van der Waals surface area contributed by atoms with Crippen molar-refractivity contribution in [3.63, 3.8) is 0 Å². The summed E-state index contributed by atoms with van der Waals surface area (Å²) < 4.78 is 6.82. The van der Waals surface area contributed by atoms with Crippen LogP contribution >= 0.6 is 11.6 Å². The van der Waals surface area contributed by atoms with Gasteiger partial charge in [-0.3, -0.25) is 0 Å². The lowest BCUT2D eigenvalue weighted by Crippen LogP contribution is -2.03. The van der Waals surface area contributed by atoms with E-state index in [2.05, 4.69) is 21.7 Å². The van der Waals surface area contributed by atoms with Crippen molar-refractivity contribution < 1.29 is 9.62 Å². The molecule has 0 amide bonds. The molecular formula is C13H10ClN4O+. The minimum absolute atomic E-state index is 0.538. The van der Waals surface area contributed by atoms with Crippen LogP contribution in [0.2, 0.25) is 5.02 Å². The van der Waals surface area contributed by atoms with Gasteiger partial charge in [0, 0.05) is 11.1 Å². The van der Waals surface area contributed by atoms with Crippen LogP contribution in [0, 0.1) is 13.3 Å². The Morgan fingerprint density at radius 1 is 1.37 bits per heavy atom. The van der Waals surface area contributed by atoms with Gasteiger partial charge in [-0.05, 0) is 36.3 Å². The van der Waals surface area contributed by atoms with Gasteiger partial charge in [0.25, 0.3) is 5.82 Å². The zero-order valence-electron chi connectivity index (χ0n) is 10.2. The van der Waals surface area contributed by atoms with Gasteiger partial charge in [0.05, 0.1) is 17.2 Å². The Morgan fingerprint density at radius 2 is 2.16 bits per heavy atom. The van der Waals surface area contributed by atoms with Crippen LogP contribution in [0.1, 0.15) is 17.3 Å². The van der Waals surface area contributed by atoms with Crippen molar-refractivity contribution >= 4 is 11.6 Å². The molecule has 0 unspecified atom stereocenters. The van der Waals surface area contributed by atoms with E-state index in [0.717, 1.165) is 23.0 Å². The van der Waals surface area contributed by atoms with Crippen molar-refractivity contribution in [3.8, 4) is 5.69 Å². The molecule has 0 fully saturated rings. The van der Waals surface area contributed by atoms with Crippen LogP contribution in [0.4, 0.5) is 0 Å². The quantitative estimate of drug-likeness (QED) is 0.730. The van der Waals surface area contributed by atoms with Crippen LogP contribution in [0.15, 0.2) is 34.9 Å². The van der Waals surface area contributed by atoms with Crippen molar-refractivity contribution in [1.82, 2.24) is 14.8 Å². The zero-order valence-corrected chi connectivity index (χ0v) is 10.9. The van der Waals surface area contributed by atoms with Crippen LogP contribution < -0.4 is 5.10 Å². The van der Waals surface area contributed by atoms with E-state index in [1.807, 2.05) is 37.3 Å². The van der Waals surface area contributed by atoms with Gasteiger partial charge < -0.3 is 4.52 Å². The van der Waals surface area contributed by atoms with Gasteiger partial charge in [0.2, 0.25) is 0 Å². The third-order valence-electron chi connectivity index (χ3n) is 2.67. The van der Waals surface area contributed by atoms with E-state index in [4.69, 9.17) is 16.1 Å². The van der Waals surface area contributed by atoms with E-state index >= 15 is 0 Å². The molecule has 0 N–H and O–H groups in total. The van der Waals surface area contributed by atoms with Gasteiger partial charge in [0.15, 0.2) is 0 Å². The Labute approximate surface area is 114 Å². The number of halogens is 1. The summed E-state index contributed by atoms with van der Waals surface area (Å²) in [5.74, 6) is 1.52. The molecule has 6 heteroatoms. The highest BCUT2D eigenvalue weighted by atomic mass is 35.5. The summed E-state index contributed by atoms with van der Waals surface area (Å²) >= 11 is 5.87. The largest absolute Gasteiger partial charge is 0.423 e. The van der Waals surface area contributed by atoms with Gasteiger partial charge in [-0.15, -0.1) is 4.57 Å². The molecule has 3 rings (SSSR count). The van der Waals surface area contributed by atoms with Gasteiger partial charge in [-0.25, -0.2) is 0 Å². The molecular weight excluding hydrogens is 264 g/mol. The minimum Gasteiger partial charge on any atom is -0.361 e. The molecule has 0 spiro atoms. The zero-order chi connectivity index (χ0) is 13.2. The first kappa shape index (κ1) is 11.8. The fourth-order valence-corrected chi connectivity index (χ4v) is 1.93. The molecule has 0 aliphatic heterocycles. The molecule has 5 nitrogen and oxygen atoms in total. The molecule has 0 bridgehead atoms. The third kappa shape index (κ3) is 2.44. The van der Waals surface area contributed by atoms with Crippen molar-refractivity contribution in [1.29, 1.82) is 0 Å². The second-order valence-corrected chi connectivity index (χ2v) is 4.57. The van der Waals surface area contributed by atoms with Gasteiger partial charge in [-0.2, -0.15) is 0 Å². The summed E-state index contributed by atoms with van der Waals surface area (Å²) in [6, 6.07) is 9.28. The lowest BCUT2D eigenvalue weighted by molar-refractivity contribution is -0.374. The summed E-state index contributed by atoms with van der Waals surface area (Å²) in [7, 11) is 0. The summed E-state index contributed by atoms with van der Waals surface area (Å²) in [4.78, 5) is 0. The second-order valence-electron chi connectivity index (χ2n) is 4.13. The Balaban J connectivity index is 1.92. The predicted molar refractivity (Wildman–Crippen MR) is 67.0 cm³/mol. The Bertz CT molecular complexity index is 687. The Morgan fingerprint density at radius 3 is 2.84 bits per heavy atom. The highest BCUT2D eigenvalue weighted by Crippen LogP contribution is 2.15. The van der Waals surface area contributed by atoms with Gasteiger partial charge >= 0.3 is 6.33 Å². The first-order chi connectivity index (χ1) is 9.22. The summed E-state index contributed by atoms with van der Waals surface area (Å²) in [5, 5.41) is 12.5. The predicted octanol–water partition coefficient (Wildman–Crippen LogP) is 1.81. The molecule has 0 aliphatic rings. The number of aryl methyl sites for hydroxylation is 1. The van der Waals surface area contributed by atoms with E-state index in [-0.39, 0.29) is 0 Å². The number of hydrogen-bond donors (Lipinski definition) is 0. The number of rotatable bonds is 3. The lowest BCUT2D eigenvalue weighted by Gasteiger charge is -1.96. The van der Waals surface area contributed by atoms with Crippen LogP contribution in [0.5, 0.6) is 0 Å². The number of aromatic nitrogens is 4. The maximum atomic E-state index is 5.87. The number of hydrogen-bond acceptors (Lipinski definition) is 3. The maximum Gasteiger partial charge on any atom is 0.423 e. The van der Waals surface area contributed by atoms with E-state index in [9.17, 15) is 0 Å². The summed E-state index contributed by atoms with van der Waals surface area (Å²) in [5.41, 5.74) is 1.72. The molecule has 3 aromatic rings. The van der Waals surface area contributed by atoms with Crippen LogP contribution in [0.3, 0.4) is 0 Å². The smallest absolute Gasteiger partial charge is 0.361 e. The van der Waals surface area contributed by atoms with Crippen LogP contribution in [0.25, 0.3) is 5.69 Å².